The minimum absolute atomic E-state index is 0.0385. The minimum Gasteiger partial charge on any atom is -0.357 e. The van der Waals surface area contributed by atoms with Crippen molar-refractivity contribution in [3.63, 3.8) is 0 Å². The van der Waals surface area contributed by atoms with E-state index in [2.05, 4.69) is 5.32 Å². The van der Waals surface area contributed by atoms with Crippen molar-refractivity contribution < 1.29 is 35.9 Å². The van der Waals surface area contributed by atoms with E-state index < -0.39 is 46.9 Å². The molecule has 1 atom stereocenters. The number of amides is 2. The van der Waals surface area contributed by atoms with Crippen molar-refractivity contribution in [3.05, 3.63) is 34.9 Å². The Bertz CT molecular complexity index is 667. The van der Waals surface area contributed by atoms with Crippen molar-refractivity contribution in [2.75, 3.05) is 13.6 Å². The number of carbonyl (C=O) groups excluding carboxylic acids is 2. The van der Waals surface area contributed by atoms with Gasteiger partial charge in [0.05, 0.1) is 11.1 Å². The van der Waals surface area contributed by atoms with Gasteiger partial charge in [0.25, 0.3) is 5.91 Å². The van der Waals surface area contributed by atoms with Crippen LogP contribution in [0.5, 0.6) is 0 Å². The molecular weight excluding hydrogens is 366 g/mol. The van der Waals surface area contributed by atoms with Gasteiger partial charge >= 0.3 is 12.4 Å². The van der Waals surface area contributed by atoms with E-state index in [0.717, 1.165) is 4.90 Å². The standard InChI is InChI=1S/C16H16F6N2O2/c1-23-13(25)12-4-2-3-5-24(12)14(26)9-6-10(15(17,18)19)8-11(7-9)16(20,21)22/h6-8,12H,2-5H2,1H3,(H,23,25)/t12-/m0/s1. The molecule has 1 aromatic rings. The molecule has 0 aromatic heterocycles. The van der Waals surface area contributed by atoms with Gasteiger partial charge in [-0.3, -0.25) is 9.59 Å². The Morgan fingerprint density at radius 3 is 2.00 bits per heavy atom. The van der Waals surface area contributed by atoms with Crippen LogP contribution in [0.1, 0.15) is 40.7 Å². The molecular formula is C16H16F6N2O2. The largest absolute Gasteiger partial charge is 0.416 e. The SMILES string of the molecule is CNC(=O)[C@@H]1CCCCN1C(=O)c1cc(C(F)(F)F)cc(C(F)(F)F)c1. The average Bonchev–Trinajstić information content (AvgIpc) is 2.58. The average molecular weight is 382 g/mol. The van der Waals surface area contributed by atoms with E-state index in [9.17, 15) is 35.9 Å². The lowest BCUT2D eigenvalue weighted by molar-refractivity contribution is -0.143. The molecule has 0 unspecified atom stereocenters. The summed E-state index contributed by atoms with van der Waals surface area (Å²) in [7, 11) is 1.34. The van der Waals surface area contributed by atoms with Crippen molar-refractivity contribution in [3.8, 4) is 0 Å². The number of likely N-dealkylation sites (N-methyl/N-ethyl adjacent to an activating group) is 1. The summed E-state index contributed by atoms with van der Waals surface area (Å²) in [5.74, 6) is -1.55. The summed E-state index contributed by atoms with van der Waals surface area (Å²) < 4.78 is 77.7. The van der Waals surface area contributed by atoms with Gasteiger partial charge in [0.15, 0.2) is 0 Å². The molecule has 0 radical (unpaired) electrons. The van der Waals surface area contributed by atoms with Gasteiger partial charge in [0.2, 0.25) is 5.91 Å². The number of rotatable bonds is 2. The van der Waals surface area contributed by atoms with E-state index in [1.807, 2.05) is 0 Å². The van der Waals surface area contributed by atoms with Gasteiger partial charge in [-0.05, 0) is 37.5 Å². The van der Waals surface area contributed by atoms with Crippen LogP contribution < -0.4 is 5.32 Å². The number of carbonyl (C=O) groups is 2. The van der Waals surface area contributed by atoms with E-state index in [1.54, 1.807) is 0 Å². The molecule has 2 rings (SSSR count). The number of benzene rings is 1. The zero-order valence-corrected chi connectivity index (χ0v) is 13.7. The van der Waals surface area contributed by atoms with E-state index in [-0.39, 0.29) is 19.0 Å². The third-order valence-corrected chi connectivity index (χ3v) is 4.15. The zero-order valence-electron chi connectivity index (χ0n) is 13.7. The molecule has 0 spiro atoms. The van der Waals surface area contributed by atoms with Gasteiger partial charge < -0.3 is 10.2 Å². The Labute approximate surface area is 145 Å². The lowest BCUT2D eigenvalue weighted by atomic mass is 9.98. The number of halogens is 6. The number of hydrogen-bond donors (Lipinski definition) is 1. The molecule has 1 N–H and O–H groups in total. The molecule has 1 aliphatic heterocycles. The summed E-state index contributed by atoms with van der Waals surface area (Å²) in [6.45, 7) is 0.0779. The normalized spacial score (nSPS) is 18.6. The molecule has 1 fully saturated rings. The van der Waals surface area contributed by atoms with E-state index in [1.165, 1.54) is 7.05 Å². The monoisotopic (exact) mass is 382 g/mol. The number of alkyl halides is 6. The zero-order chi connectivity index (χ0) is 19.7. The molecule has 0 saturated carbocycles. The van der Waals surface area contributed by atoms with Crippen LogP contribution in [0.15, 0.2) is 18.2 Å². The first kappa shape index (κ1) is 20.1. The van der Waals surface area contributed by atoms with Crippen LogP contribution in [-0.2, 0) is 17.1 Å². The van der Waals surface area contributed by atoms with Crippen LogP contribution in [0.3, 0.4) is 0 Å². The van der Waals surface area contributed by atoms with Crippen molar-refractivity contribution in [2.24, 2.45) is 0 Å². The third-order valence-electron chi connectivity index (χ3n) is 4.15. The highest BCUT2D eigenvalue weighted by Crippen LogP contribution is 2.36. The number of nitrogens with one attached hydrogen (secondary N) is 1. The number of nitrogens with zero attached hydrogens (tertiary/aromatic N) is 1. The molecule has 1 aliphatic rings. The van der Waals surface area contributed by atoms with Crippen LogP contribution in [0, 0.1) is 0 Å². The van der Waals surface area contributed by atoms with Crippen LogP contribution in [0.2, 0.25) is 0 Å². The first-order chi connectivity index (χ1) is 11.9. The molecule has 10 heteroatoms. The fraction of sp³-hybridized carbons (Fsp3) is 0.500. The molecule has 144 valence electrons. The van der Waals surface area contributed by atoms with Crippen LogP contribution in [0.25, 0.3) is 0 Å². The second-order valence-electron chi connectivity index (χ2n) is 5.92. The van der Waals surface area contributed by atoms with Gasteiger partial charge in [0.1, 0.15) is 6.04 Å². The van der Waals surface area contributed by atoms with E-state index in [4.69, 9.17) is 0 Å². The van der Waals surface area contributed by atoms with Crippen LogP contribution >= 0.6 is 0 Å². The van der Waals surface area contributed by atoms with Gasteiger partial charge in [-0.1, -0.05) is 0 Å². The number of likely N-dealkylation sites (tertiary alicyclic amines) is 1. The van der Waals surface area contributed by atoms with E-state index >= 15 is 0 Å². The lowest BCUT2D eigenvalue weighted by Gasteiger charge is -2.34. The second kappa shape index (κ2) is 7.16. The Morgan fingerprint density at radius 2 is 1.54 bits per heavy atom. The van der Waals surface area contributed by atoms with Crippen molar-refractivity contribution >= 4 is 11.8 Å². The smallest absolute Gasteiger partial charge is 0.357 e. The van der Waals surface area contributed by atoms with Gasteiger partial charge in [-0.2, -0.15) is 26.3 Å². The molecule has 2 amide bonds. The maximum Gasteiger partial charge on any atom is 0.416 e. The fourth-order valence-electron chi connectivity index (χ4n) is 2.86. The molecule has 26 heavy (non-hydrogen) atoms. The molecule has 0 bridgehead atoms. The maximum atomic E-state index is 12.9. The highest BCUT2D eigenvalue weighted by molar-refractivity contribution is 5.98. The first-order valence-corrected chi connectivity index (χ1v) is 7.77. The topological polar surface area (TPSA) is 49.4 Å². The number of hydrogen-bond acceptors (Lipinski definition) is 2. The Hall–Kier alpha value is -2.26. The van der Waals surface area contributed by atoms with Crippen molar-refractivity contribution in [1.29, 1.82) is 0 Å². The molecule has 1 aromatic carbocycles. The summed E-state index contributed by atoms with van der Waals surface area (Å²) in [5, 5.41) is 2.35. The Balaban J connectivity index is 2.48. The third kappa shape index (κ3) is 4.28. The summed E-state index contributed by atoms with van der Waals surface area (Å²) in [6, 6.07) is -0.200. The lowest BCUT2D eigenvalue weighted by Crippen LogP contribution is -2.51. The summed E-state index contributed by atoms with van der Waals surface area (Å²) in [6.07, 6.45) is -8.67. The van der Waals surface area contributed by atoms with Crippen LogP contribution in [0.4, 0.5) is 26.3 Å². The van der Waals surface area contributed by atoms with Gasteiger partial charge in [-0.25, -0.2) is 0 Å². The van der Waals surface area contributed by atoms with Gasteiger partial charge in [0, 0.05) is 19.2 Å². The van der Waals surface area contributed by atoms with Crippen LogP contribution in [-0.4, -0.2) is 36.3 Å². The molecule has 1 saturated heterocycles. The summed E-state index contributed by atoms with van der Waals surface area (Å²) >= 11 is 0. The predicted octanol–water partition coefficient (Wildman–Crippen LogP) is 3.46. The molecule has 4 nitrogen and oxygen atoms in total. The first-order valence-electron chi connectivity index (χ1n) is 7.77. The highest BCUT2D eigenvalue weighted by Gasteiger charge is 2.39. The maximum absolute atomic E-state index is 12.9. The minimum atomic E-state index is -5.04. The summed E-state index contributed by atoms with van der Waals surface area (Å²) in [4.78, 5) is 25.5. The van der Waals surface area contributed by atoms with Crippen molar-refractivity contribution in [2.45, 2.75) is 37.7 Å². The quantitative estimate of drug-likeness (QED) is 0.797. The van der Waals surface area contributed by atoms with Gasteiger partial charge in [-0.15, -0.1) is 0 Å². The highest BCUT2D eigenvalue weighted by atomic mass is 19.4. The number of piperidine rings is 1. The van der Waals surface area contributed by atoms with E-state index in [0.29, 0.717) is 25.0 Å². The predicted molar refractivity (Wildman–Crippen MR) is 79.2 cm³/mol. The Morgan fingerprint density at radius 1 is 1.00 bits per heavy atom. The summed E-state index contributed by atoms with van der Waals surface area (Å²) in [5.41, 5.74) is -3.88. The molecule has 1 heterocycles. The Kier molecular flexibility index (Phi) is 5.52. The molecule has 0 aliphatic carbocycles. The van der Waals surface area contributed by atoms with Crippen molar-refractivity contribution in [1.82, 2.24) is 10.2 Å². The fourth-order valence-corrected chi connectivity index (χ4v) is 2.86. The second-order valence-corrected chi connectivity index (χ2v) is 5.92.